The van der Waals surface area contributed by atoms with Crippen LogP contribution in [0.4, 0.5) is 0 Å². The van der Waals surface area contributed by atoms with Gasteiger partial charge in [0.25, 0.3) is 0 Å². The van der Waals surface area contributed by atoms with Crippen LogP contribution in [-0.4, -0.2) is 44.2 Å². The minimum Gasteiger partial charge on any atom is -0.496 e. The molecule has 1 aliphatic carbocycles. The molecule has 1 saturated carbocycles. The molecule has 1 aromatic carbocycles. The average molecular weight is 268 g/mol. The zero-order chi connectivity index (χ0) is 13.8. The first-order valence-corrected chi connectivity index (χ1v) is 6.37. The largest absolute Gasteiger partial charge is 0.496 e. The van der Waals surface area contributed by atoms with E-state index < -0.39 is 6.10 Å². The van der Waals surface area contributed by atoms with E-state index in [1.165, 1.54) is 0 Å². The summed E-state index contributed by atoms with van der Waals surface area (Å²) in [4.78, 5) is 0. The summed E-state index contributed by atoms with van der Waals surface area (Å²) in [7, 11) is 3.18. The first-order valence-electron chi connectivity index (χ1n) is 6.37. The summed E-state index contributed by atoms with van der Waals surface area (Å²) in [5.41, 5.74) is 0. The molecule has 5 heteroatoms. The standard InChI is InChI=1S/C14H20O5/c1-4-18-14-12(15)8-13(14)19-11-6-9(16-2)5-10(7-11)17-3/h5-7,12-15H,4,8H2,1-3H3. The number of methoxy groups -OCH3 is 2. The minimum absolute atomic E-state index is 0.133. The van der Waals surface area contributed by atoms with E-state index in [9.17, 15) is 5.11 Å². The minimum atomic E-state index is -0.447. The number of rotatable bonds is 6. The summed E-state index contributed by atoms with van der Waals surface area (Å²) >= 11 is 0. The molecule has 0 aromatic heterocycles. The van der Waals surface area contributed by atoms with Crippen LogP contribution in [0, 0.1) is 0 Å². The molecule has 0 aliphatic heterocycles. The van der Waals surface area contributed by atoms with E-state index >= 15 is 0 Å². The third kappa shape index (κ3) is 3.11. The number of aliphatic hydroxyl groups excluding tert-OH is 1. The molecule has 0 bridgehead atoms. The van der Waals surface area contributed by atoms with Gasteiger partial charge in [0.15, 0.2) is 0 Å². The molecule has 1 fully saturated rings. The summed E-state index contributed by atoms with van der Waals surface area (Å²) in [5, 5.41) is 9.63. The molecule has 2 rings (SSSR count). The van der Waals surface area contributed by atoms with Gasteiger partial charge in [0.05, 0.1) is 20.3 Å². The smallest absolute Gasteiger partial charge is 0.130 e. The van der Waals surface area contributed by atoms with Crippen LogP contribution in [0.15, 0.2) is 18.2 Å². The zero-order valence-electron chi connectivity index (χ0n) is 11.5. The van der Waals surface area contributed by atoms with Crippen molar-refractivity contribution in [2.75, 3.05) is 20.8 Å². The van der Waals surface area contributed by atoms with Crippen molar-refractivity contribution in [3.8, 4) is 17.2 Å². The predicted octanol–water partition coefficient (Wildman–Crippen LogP) is 1.62. The fourth-order valence-electron chi connectivity index (χ4n) is 2.11. The monoisotopic (exact) mass is 268 g/mol. The maximum absolute atomic E-state index is 9.63. The van der Waals surface area contributed by atoms with Crippen LogP contribution >= 0.6 is 0 Å². The molecule has 1 aromatic rings. The Labute approximate surface area is 113 Å². The number of hydrogen-bond acceptors (Lipinski definition) is 5. The Balaban J connectivity index is 2.06. The van der Waals surface area contributed by atoms with Crippen molar-refractivity contribution in [1.82, 2.24) is 0 Å². The van der Waals surface area contributed by atoms with Gasteiger partial charge in [-0.15, -0.1) is 0 Å². The number of aliphatic hydroxyl groups is 1. The molecule has 0 saturated heterocycles. The van der Waals surface area contributed by atoms with Gasteiger partial charge in [0.2, 0.25) is 0 Å². The summed E-state index contributed by atoms with van der Waals surface area (Å²) in [5.74, 6) is 1.99. The molecule has 0 heterocycles. The Morgan fingerprint density at radius 3 is 2.16 bits per heavy atom. The van der Waals surface area contributed by atoms with Crippen molar-refractivity contribution in [2.24, 2.45) is 0 Å². The molecule has 0 amide bonds. The van der Waals surface area contributed by atoms with E-state index in [0.29, 0.717) is 30.3 Å². The number of hydrogen-bond donors (Lipinski definition) is 1. The van der Waals surface area contributed by atoms with E-state index in [4.69, 9.17) is 18.9 Å². The molecule has 1 N–H and O–H groups in total. The Morgan fingerprint density at radius 2 is 1.68 bits per heavy atom. The van der Waals surface area contributed by atoms with E-state index in [1.807, 2.05) is 6.92 Å². The van der Waals surface area contributed by atoms with Gasteiger partial charge in [-0.25, -0.2) is 0 Å². The first-order chi connectivity index (χ1) is 9.17. The van der Waals surface area contributed by atoms with E-state index in [-0.39, 0.29) is 12.2 Å². The lowest BCUT2D eigenvalue weighted by Crippen LogP contribution is -2.55. The fourth-order valence-corrected chi connectivity index (χ4v) is 2.11. The highest BCUT2D eigenvalue weighted by atomic mass is 16.6. The normalized spacial score (nSPS) is 25.6. The summed E-state index contributed by atoms with van der Waals surface area (Å²) < 4.78 is 21.6. The van der Waals surface area contributed by atoms with Crippen LogP contribution in [0.3, 0.4) is 0 Å². The lowest BCUT2D eigenvalue weighted by atomic mass is 9.88. The van der Waals surface area contributed by atoms with Gasteiger partial charge < -0.3 is 24.1 Å². The molecule has 0 spiro atoms. The maximum Gasteiger partial charge on any atom is 0.130 e. The predicted molar refractivity (Wildman–Crippen MR) is 70.0 cm³/mol. The van der Waals surface area contributed by atoms with Crippen molar-refractivity contribution < 1.29 is 24.1 Å². The highest BCUT2D eigenvalue weighted by Crippen LogP contribution is 2.33. The molecule has 5 nitrogen and oxygen atoms in total. The summed E-state index contributed by atoms with van der Waals surface area (Å²) in [6.45, 7) is 2.46. The lowest BCUT2D eigenvalue weighted by Gasteiger charge is -2.40. The van der Waals surface area contributed by atoms with Crippen LogP contribution in [0.5, 0.6) is 17.2 Å². The van der Waals surface area contributed by atoms with Gasteiger partial charge >= 0.3 is 0 Å². The van der Waals surface area contributed by atoms with Gasteiger partial charge in [-0.2, -0.15) is 0 Å². The first kappa shape index (κ1) is 14.0. The maximum atomic E-state index is 9.63. The second-order valence-corrected chi connectivity index (χ2v) is 4.43. The average Bonchev–Trinajstić information content (AvgIpc) is 2.43. The van der Waals surface area contributed by atoms with E-state index in [2.05, 4.69) is 0 Å². The van der Waals surface area contributed by atoms with Crippen molar-refractivity contribution in [3.05, 3.63) is 18.2 Å². The third-order valence-corrected chi connectivity index (χ3v) is 3.19. The molecular formula is C14H20O5. The van der Waals surface area contributed by atoms with Crippen LogP contribution in [0.25, 0.3) is 0 Å². The SMILES string of the molecule is CCOC1C(O)CC1Oc1cc(OC)cc(OC)c1. The fraction of sp³-hybridized carbons (Fsp3) is 0.571. The van der Waals surface area contributed by atoms with Crippen LogP contribution in [-0.2, 0) is 4.74 Å². The quantitative estimate of drug-likeness (QED) is 0.849. The number of ether oxygens (including phenoxy) is 4. The van der Waals surface area contributed by atoms with Crippen LogP contribution in [0.1, 0.15) is 13.3 Å². The summed E-state index contributed by atoms with van der Waals surface area (Å²) in [6, 6.07) is 5.36. The highest BCUT2D eigenvalue weighted by molar-refractivity contribution is 5.42. The molecule has 1 aliphatic rings. The van der Waals surface area contributed by atoms with Crippen molar-refractivity contribution in [3.63, 3.8) is 0 Å². The second-order valence-electron chi connectivity index (χ2n) is 4.43. The zero-order valence-corrected chi connectivity index (χ0v) is 11.5. The van der Waals surface area contributed by atoms with Crippen molar-refractivity contribution in [1.29, 1.82) is 0 Å². The highest BCUT2D eigenvalue weighted by Gasteiger charge is 2.42. The Kier molecular flexibility index (Phi) is 4.50. The Morgan fingerprint density at radius 1 is 1.11 bits per heavy atom. The molecule has 106 valence electrons. The molecule has 3 atom stereocenters. The number of benzene rings is 1. The van der Waals surface area contributed by atoms with Gasteiger partial charge in [0.1, 0.15) is 29.5 Å². The van der Waals surface area contributed by atoms with Gasteiger partial charge in [-0.3, -0.25) is 0 Å². The topological polar surface area (TPSA) is 57.2 Å². The van der Waals surface area contributed by atoms with Crippen molar-refractivity contribution in [2.45, 2.75) is 31.7 Å². The van der Waals surface area contributed by atoms with E-state index in [0.717, 1.165) is 0 Å². The molecule has 0 radical (unpaired) electrons. The van der Waals surface area contributed by atoms with Gasteiger partial charge in [0, 0.05) is 31.2 Å². The van der Waals surface area contributed by atoms with Gasteiger partial charge in [-0.1, -0.05) is 0 Å². The van der Waals surface area contributed by atoms with Gasteiger partial charge in [-0.05, 0) is 6.92 Å². The summed E-state index contributed by atoms with van der Waals surface area (Å²) in [6.07, 6.45) is -0.268. The Hall–Kier alpha value is -1.46. The van der Waals surface area contributed by atoms with Crippen LogP contribution < -0.4 is 14.2 Å². The lowest BCUT2D eigenvalue weighted by molar-refractivity contribution is -0.160. The Bertz CT molecular complexity index is 398. The molecular weight excluding hydrogens is 248 g/mol. The van der Waals surface area contributed by atoms with Crippen molar-refractivity contribution >= 4 is 0 Å². The molecule has 19 heavy (non-hydrogen) atoms. The molecule has 3 unspecified atom stereocenters. The second kappa shape index (κ2) is 6.12. The van der Waals surface area contributed by atoms with E-state index in [1.54, 1.807) is 32.4 Å². The van der Waals surface area contributed by atoms with Crippen LogP contribution in [0.2, 0.25) is 0 Å². The third-order valence-electron chi connectivity index (χ3n) is 3.19.